The lowest BCUT2D eigenvalue weighted by Crippen LogP contribution is -2.41. The molecule has 15 heavy (non-hydrogen) atoms. The second-order valence-electron chi connectivity index (χ2n) is 4.40. The van der Waals surface area contributed by atoms with Gasteiger partial charge in [0.2, 0.25) is 5.91 Å². The second kappa shape index (κ2) is 6.05. The smallest absolute Gasteiger partial charge is 0.220 e. The van der Waals surface area contributed by atoms with E-state index in [-0.39, 0.29) is 11.9 Å². The van der Waals surface area contributed by atoms with E-state index in [1.807, 2.05) is 6.92 Å². The molecule has 3 nitrogen and oxygen atoms in total. The SMILES string of the molecule is CC(NC(=O)CC1CCCCC1)C(N)=S. The van der Waals surface area contributed by atoms with Crippen molar-refractivity contribution >= 4 is 23.1 Å². The molecule has 0 aromatic heterocycles. The van der Waals surface area contributed by atoms with Crippen molar-refractivity contribution in [2.75, 3.05) is 0 Å². The fourth-order valence-electron chi connectivity index (χ4n) is 2.02. The predicted molar refractivity (Wildman–Crippen MR) is 65.6 cm³/mol. The van der Waals surface area contributed by atoms with E-state index in [0.717, 1.165) is 0 Å². The molecule has 1 fully saturated rings. The summed E-state index contributed by atoms with van der Waals surface area (Å²) in [6.45, 7) is 1.82. The number of hydrogen-bond donors (Lipinski definition) is 2. The Balaban J connectivity index is 2.25. The summed E-state index contributed by atoms with van der Waals surface area (Å²) in [4.78, 5) is 12.0. The summed E-state index contributed by atoms with van der Waals surface area (Å²) in [6.07, 6.45) is 6.86. The van der Waals surface area contributed by atoms with Crippen LogP contribution in [-0.4, -0.2) is 16.9 Å². The molecular weight excluding hydrogens is 208 g/mol. The third-order valence-corrected chi connectivity index (χ3v) is 3.36. The van der Waals surface area contributed by atoms with Crippen LogP contribution < -0.4 is 11.1 Å². The molecule has 4 heteroatoms. The van der Waals surface area contributed by atoms with Gasteiger partial charge in [0.1, 0.15) is 0 Å². The summed E-state index contributed by atoms with van der Waals surface area (Å²) in [6, 6.07) is -0.184. The van der Waals surface area contributed by atoms with E-state index in [4.69, 9.17) is 18.0 Å². The highest BCUT2D eigenvalue weighted by atomic mass is 32.1. The van der Waals surface area contributed by atoms with Crippen LogP contribution in [0.3, 0.4) is 0 Å². The normalized spacial score (nSPS) is 19.5. The Morgan fingerprint density at radius 2 is 2.07 bits per heavy atom. The zero-order valence-corrected chi connectivity index (χ0v) is 10.1. The van der Waals surface area contributed by atoms with Gasteiger partial charge >= 0.3 is 0 Å². The second-order valence-corrected chi connectivity index (χ2v) is 4.87. The maximum Gasteiger partial charge on any atom is 0.220 e. The molecule has 0 aromatic rings. The number of amides is 1. The largest absolute Gasteiger partial charge is 0.392 e. The first-order chi connectivity index (χ1) is 7.09. The highest BCUT2D eigenvalue weighted by molar-refractivity contribution is 7.80. The number of rotatable bonds is 4. The van der Waals surface area contributed by atoms with Gasteiger partial charge in [0.15, 0.2) is 0 Å². The quantitative estimate of drug-likeness (QED) is 0.721. The van der Waals surface area contributed by atoms with Crippen molar-refractivity contribution in [3.8, 4) is 0 Å². The molecule has 0 heterocycles. The molecular formula is C11H20N2OS. The first-order valence-corrected chi connectivity index (χ1v) is 6.09. The number of nitrogens with one attached hydrogen (secondary N) is 1. The molecule has 1 aliphatic carbocycles. The summed E-state index contributed by atoms with van der Waals surface area (Å²) in [5, 5.41) is 2.82. The van der Waals surface area contributed by atoms with E-state index in [2.05, 4.69) is 5.32 Å². The monoisotopic (exact) mass is 228 g/mol. The standard InChI is InChI=1S/C11H20N2OS/c1-8(11(12)15)13-10(14)7-9-5-3-2-4-6-9/h8-9H,2-7H2,1H3,(H2,12,15)(H,13,14). The van der Waals surface area contributed by atoms with Crippen molar-refractivity contribution in [3.63, 3.8) is 0 Å². The molecule has 0 radical (unpaired) electrons. The summed E-state index contributed by atoms with van der Waals surface area (Å²) in [5.74, 6) is 0.652. The third kappa shape index (κ3) is 4.60. The number of thiocarbonyl (C=S) groups is 1. The van der Waals surface area contributed by atoms with Gasteiger partial charge in [-0.05, 0) is 25.7 Å². The van der Waals surface area contributed by atoms with Crippen LogP contribution in [0.15, 0.2) is 0 Å². The van der Waals surface area contributed by atoms with E-state index >= 15 is 0 Å². The van der Waals surface area contributed by atoms with Crippen molar-refractivity contribution < 1.29 is 4.79 Å². The fraction of sp³-hybridized carbons (Fsp3) is 0.818. The zero-order valence-electron chi connectivity index (χ0n) is 9.29. The first kappa shape index (κ1) is 12.4. The summed E-state index contributed by atoms with van der Waals surface area (Å²) in [5.41, 5.74) is 5.43. The van der Waals surface area contributed by atoms with Crippen molar-refractivity contribution in [2.24, 2.45) is 11.7 Å². The maximum atomic E-state index is 11.6. The Kier molecular flexibility index (Phi) is 5.02. The van der Waals surface area contributed by atoms with E-state index < -0.39 is 0 Å². The highest BCUT2D eigenvalue weighted by Gasteiger charge is 2.18. The minimum Gasteiger partial charge on any atom is -0.392 e. The Morgan fingerprint density at radius 3 is 2.60 bits per heavy atom. The molecule has 0 aliphatic heterocycles. The average molecular weight is 228 g/mol. The van der Waals surface area contributed by atoms with Gasteiger partial charge in [0.25, 0.3) is 0 Å². The minimum absolute atomic E-state index is 0.0854. The Hall–Kier alpha value is -0.640. The molecule has 1 saturated carbocycles. The van der Waals surface area contributed by atoms with Crippen molar-refractivity contribution in [3.05, 3.63) is 0 Å². The molecule has 1 atom stereocenters. The summed E-state index contributed by atoms with van der Waals surface area (Å²) < 4.78 is 0. The molecule has 1 amide bonds. The van der Waals surface area contributed by atoms with E-state index in [9.17, 15) is 4.79 Å². The van der Waals surface area contributed by atoms with Crippen LogP contribution in [0.4, 0.5) is 0 Å². The van der Waals surface area contributed by atoms with Gasteiger partial charge in [0, 0.05) is 6.42 Å². The van der Waals surface area contributed by atoms with E-state index in [1.54, 1.807) is 0 Å². The van der Waals surface area contributed by atoms with Crippen LogP contribution in [0.5, 0.6) is 0 Å². The fourth-order valence-corrected chi connectivity index (χ4v) is 2.08. The van der Waals surface area contributed by atoms with Crippen LogP contribution in [0.2, 0.25) is 0 Å². The lowest BCUT2D eigenvalue weighted by molar-refractivity contribution is -0.122. The molecule has 0 aromatic carbocycles. The predicted octanol–water partition coefficient (Wildman–Crippen LogP) is 1.75. The minimum atomic E-state index is -0.184. The molecule has 0 spiro atoms. The van der Waals surface area contributed by atoms with Gasteiger partial charge in [-0.1, -0.05) is 31.5 Å². The lowest BCUT2D eigenvalue weighted by Gasteiger charge is -2.21. The van der Waals surface area contributed by atoms with Crippen LogP contribution in [0.25, 0.3) is 0 Å². The summed E-state index contributed by atoms with van der Waals surface area (Å²) in [7, 11) is 0. The highest BCUT2D eigenvalue weighted by Crippen LogP contribution is 2.26. The number of carbonyl (C=O) groups is 1. The number of nitrogens with two attached hydrogens (primary N) is 1. The number of carbonyl (C=O) groups excluding carboxylic acids is 1. The van der Waals surface area contributed by atoms with Gasteiger partial charge in [0.05, 0.1) is 11.0 Å². The zero-order chi connectivity index (χ0) is 11.3. The van der Waals surface area contributed by atoms with Gasteiger partial charge < -0.3 is 11.1 Å². The van der Waals surface area contributed by atoms with Crippen LogP contribution in [0, 0.1) is 5.92 Å². The van der Waals surface area contributed by atoms with E-state index in [0.29, 0.717) is 17.3 Å². The lowest BCUT2D eigenvalue weighted by atomic mass is 9.87. The molecule has 1 aliphatic rings. The molecule has 1 unspecified atom stereocenters. The Bertz CT molecular complexity index is 237. The van der Waals surface area contributed by atoms with Gasteiger partial charge in [-0.2, -0.15) is 0 Å². The third-order valence-electron chi connectivity index (χ3n) is 3.00. The topological polar surface area (TPSA) is 55.1 Å². The summed E-state index contributed by atoms with van der Waals surface area (Å²) >= 11 is 4.80. The van der Waals surface area contributed by atoms with Crippen molar-refractivity contribution in [1.29, 1.82) is 0 Å². The van der Waals surface area contributed by atoms with E-state index in [1.165, 1.54) is 32.1 Å². The van der Waals surface area contributed by atoms with Crippen molar-refractivity contribution in [1.82, 2.24) is 5.32 Å². The van der Waals surface area contributed by atoms with Crippen LogP contribution >= 0.6 is 12.2 Å². The first-order valence-electron chi connectivity index (χ1n) is 5.68. The molecule has 0 saturated heterocycles. The average Bonchev–Trinajstić information content (AvgIpc) is 2.18. The van der Waals surface area contributed by atoms with Crippen LogP contribution in [-0.2, 0) is 4.79 Å². The molecule has 3 N–H and O–H groups in total. The van der Waals surface area contributed by atoms with Gasteiger partial charge in [-0.15, -0.1) is 0 Å². The van der Waals surface area contributed by atoms with Crippen LogP contribution in [0.1, 0.15) is 45.4 Å². The maximum absolute atomic E-state index is 11.6. The Morgan fingerprint density at radius 1 is 1.47 bits per heavy atom. The number of hydrogen-bond acceptors (Lipinski definition) is 2. The van der Waals surface area contributed by atoms with Crippen molar-refractivity contribution in [2.45, 2.75) is 51.5 Å². The Labute approximate surface area is 96.8 Å². The molecule has 1 rings (SSSR count). The van der Waals surface area contributed by atoms with Gasteiger partial charge in [-0.25, -0.2) is 0 Å². The van der Waals surface area contributed by atoms with Gasteiger partial charge in [-0.3, -0.25) is 4.79 Å². The molecule has 0 bridgehead atoms. The molecule has 86 valence electrons.